The predicted molar refractivity (Wildman–Crippen MR) is 148 cm³/mol. The zero-order chi connectivity index (χ0) is 26.6. The Morgan fingerprint density at radius 1 is 1.08 bits per heavy atom. The van der Waals surface area contributed by atoms with Crippen molar-refractivity contribution in [2.45, 2.75) is 40.2 Å². The van der Waals surface area contributed by atoms with Crippen molar-refractivity contribution in [1.82, 2.24) is 9.91 Å². The number of carbonyl (C=O) groups is 3. The fourth-order valence-corrected chi connectivity index (χ4v) is 5.18. The molecular formula is C29H37ClN4O4. The van der Waals surface area contributed by atoms with Crippen LogP contribution in [0.2, 0.25) is 0 Å². The number of benzene rings is 2. The highest BCUT2D eigenvalue weighted by atomic mass is 35.5. The standard InChI is InChI=1S/C29H36N4O4.ClH/c1-4-33-27(36)29(17-21-11-7-5-8-12-21)20-32(16-15-24(29)31-33)25(34)23(28(2,3)26(30)35)19-37-18-22-13-9-6-10-14-22;/h5-14,23H,4,15-20H2,1-3H3,(H2,30,35);1H/t23-,29-;/m1./s1. The summed E-state index contributed by atoms with van der Waals surface area (Å²) in [6.45, 7) is 6.72. The zero-order valence-electron chi connectivity index (χ0n) is 22.3. The molecule has 0 spiro atoms. The Kier molecular flexibility index (Phi) is 9.33. The van der Waals surface area contributed by atoms with E-state index in [1.807, 2.05) is 67.6 Å². The van der Waals surface area contributed by atoms with Gasteiger partial charge in [0.2, 0.25) is 11.8 Å². The van der Waals surface area contributed by atoms with Crippen molar-refractivity contribution in [3.8, 4) is 0 Å². The third kappa shape index (κ3) is 5.76. The van der Waals surface area contributed by atoms with Crippen LogP contribution in [0.4, 0.5) is 0 Å². The van der Waals surface area contributed by atoms with Gasteiger partial charge >= 0.3 is 0 Å². The number of likely N-dealkylation sites (tertiary alicyclic amines) is 1. The van der Waals surface area contributed by atoms with Gasteiger partial charge in [-0.2, -0.15) is 5.10 Å². The molecule has 0 unspecified atom stereocenters. The summed E-state index contributed by atoms with van der Waals surface area (Å²) in [7, 11) is 0. The second-order valence-corrected chi connectivity index (χ2v) is 10.5. The molecule has 2 aromatic carbocycles. The van der Waals surface area contributed by atoms with Gasteiger partial charge in [0.25, 0.3) is 5.91 Å². The second kappa shape index (κ2) is 12.1. The number of nitrogens with zero attached hydrogens (tertiary/aromatic N) is 3. The summed E-state index contributed by atoms with van der Waals surface area (Å²) in [5.74, 6) is -1.68. The normalized spacial score (nSPS) is 19.9. The molecule has 4 rings (SSSR count). The molecule has 8 nitrogen and oxygen atoms in total. The SMILES string of the molecule is CCN1N=C2CCN(C(=O)[C@@H](COCc3ccccc3)C(C)(C)C(N)=O)C[C@@]2(Cc2ccccc2)C1=O.Cl. The molecule has 2 heterocycles. The fourth-order valence-electron chi connectivity index (χ4n) is 5.18. The van der Waals surface area contributed by atoms with Gasteiger partial charge in [-0.25, -0.2) is 5.01 Å². The van der Waals surface area contributed by atoms with E-state index in [4.69, 9.17) is 10.5 Å². The van der Waals surface area contributed by atoms with Gasteiger partial charge in [0.15, 0.2) is 0 Å². The molecule has 0 aromatic heterocycles. The van der Waals surface area contributed by atoms with Crippen LogP contribution in [-0.2, 0) is 32.1 Å². The molecule has 2 aliphatic heterocycles. The Balaban J connectivity index is 0.00000400. The Morgan fingerprint density at radius 2 is 1.68 bits per heavy atom. The summed E-state index contributed by atoms with van der Waals surface area (Å²) in [5, 5.41) is 6.15. The minimum absolute atomic E-state index is 0. The van der Waals surface area contributed by atoms with Crippen molar-refractivity contribution in [2.24, 2.45) is 27.6 Å². The molecule has 1 saturated heterocycles. The van der Waals surface area contributed by atoms with Crippen molar-refractivity contribution in [2.75, 3.05) is 26.2 Å². The Bertz CT molecular complexity index is 1170. The number of amides is 3. The summed E-state index contributed by atoms with van der Waals surface area (Å²) >= 11 is 0. The van der Waals surface area contributed by atoms with Crippen LogP contribution in [-0.4, -0.2) is 59.6 Å². The van der Waals surface area contributed by atoms with Crippen molar-refractivity contribution in [3.63, 3.8) is 0 Å². The number of fused-ring (bicyclic) bond motifs is 1. The lowest BCUT2D eigenvalue weighted by atomic mass is 9.72. The third-order valence-electron chi connectivity index (χ3n) is 7.68. The lowest BCUT2D eigenvalue weighted by Crippen LogP contribution is -2.58. The van der Waals surface area contributed by atoms with Crippen molar-refractivity contribution in [3.05, 3.63) is 71.8 Å². The molecule has 2 aliphatic rings. The number of halogens is 1. The summed E-state index contributed by atoms with van der Waals surface area (Å²) in [6, 6.07) is 19.5. The van der Waals surface area contributed by atoms with Crippen molar-refractivity contribution >= 4 is 35.8 Å². The topological polar surface area (TPSA) is 105 Å². The average Bonchev–Trinajstić information content (AvgIpc) is 3.17. The molecule has 0 aliphatic carbocycles. The average molecular weight is 541 g/mol. The first-order valence-electron chi connectivity index (χ1n) is 12.8. The minimum atomic E-state index is -1.14. The van der Waals surface area contributed by atoms with E-state index in [2.05, 4.69) is 5.10 Å². The van der Waals surface area contributed by atoms with E-state index in [0.717, 1.165) is 16.8 Å². The first-order valence-corrected chi connectivity index (χ1v) is 12.8. The van der Waals surface area contributed by atoms with Crippen molar-refractivity contribution < 1.29 is 19.1 Å². The van der Waals surface area contributed by atoms with E-state index in [9.17, 15) is 14.4 Å². The van der Waals surface area contributed by atoms with Crippen LogP contribution in [0.15, 0.2) is 65.8 Å². The molecule has 2 atom stereocenters. The number of nitrogens with two attached hydrogens (primary N) is 1. The van der Waals surface area contributed by atoms with Gasteiger partial charge in [0, 0.05) is 26.1 Å². The van der Waals surface area contributed by atoms with E-state index in [-0.39, 0.29) is 37.4 Å². The smallest absolute Gasteiger partial charge is 0.256 e. The number of primary amides is 1. The predicted octanol–water partition coefficient (Wildman–Crippen LogP) is 3.43. The van der Waals surface area contributed by atoms with Gasteiger partial charge in [-0.3, -0.25) is 14.4 Å². The maximum Gasteiger partial charge on any atom is 0.256 e. The summed E-state index contributed by atoms with van der Waals surface area (Å²) in [5.41, 5.74) is 6.50. The number of hydrogen-bond donors (Lipinski definition) is 1. The van der Waals surface area contributed by atoms with Gasteiger partial charge in [-0.05, 0) is 24.5 Å². The molecule has 0 bridgehead atoms. The Morgan fingerprint density at radius 3 is 2.26 bits per heavy atom. The molecule has 2 N–H and O–H groups in total. The van der Waals surface area contributed by atoms with Crippen LogP contribution in [0.3, 0.4) is 0 Å². The van der Waals surface area contributed by atoms with E-state index in [0.29, 0.717) is 32.5 Å². The molecule has 2 aromatic rings. The molecule has 3 amide bonds. The first-order chi connectivity index (χ1) is 17.7. The maximum atomic E-state index is 14.0. The highest BCUT2D eigenvalue weighted by Gasteiger charge is 2.55. The summed E-state index contributed by atoms with van der Waals surface area (Å²) < 4.78 is 5.94. The van der Waals surface area contributed by atoms with Gasteiger partial charge in [-0.15, -0.1) is 12.4 Å². The molecule has 0 radical (unpaired) electrons. The van der Waals surface area contributed by atoms with Gasteiger partial charge < -0.3 is 15.4 Å². The Labute approximate surface area is 230 Å². The highest BCUT2D eigenvalue weighted by Crippen LogP contribution is 2.40. The highest BCUT2D eigenvalue weighted by molar-refractivity contribution is 6.13. The molecule has 1 fully saturated rings. The van der Waals surface area contributed by atoms with Crippen LogP contribution in [0.5, 0.6) is 0 Å². The van der Waals surface area contributed by atoms with E-state index in [1.54, 1.807) is 18.7 Å². The van der Waals surface area contributed by atoms with Crippen LogP contribution in [0.25, 0.3) is 0 Å². The zero-order valence-corrected chi connectivity index (χ0v) is 23.1. The molecule has 204 valence electrons. The minimum Gasteiger partial charge on any atom is -0.376 e. The fraction of sp³-hybridized carbons (Fsp3) is 0.448. The van der Waals surface area contributed by atoms with Crippen molar-refractivity contribution in [1.29, 1.82) is 0 Å². The van der Waals surface area contributed by atoms with E-state index in [1.165, 1.54) is 5.01 Å². The summed E-state index contributed by atoms with van der Waals surface area (Å²) in [6.07, 6.45) is 0.954. The number of carbonyl (C=O) groups excluding carboxylic acids is 3. The quantitative estimate of drug-likeness (QED) is 0.498. The number of piperidine rings is 1. The van der Waals surface area contributed by atoms with E-state index >= 15 is 0 Å². The number of hydrazone groups is 1. The van der Waals surface area contributed by atoms with Gasteiger partial charge in [0.1, 0.15) is 5.41 Å². The second-order valence-electron chi connectivity index (χ2n) is 10.5. The molecular weight excluding hydrogens is 504 g/mol. The maximum absolute atomic E-state index is 14.0. The van der Waals surface area contributed by atoms with Crippen LogP contribution >= 0.6 is 12.4 Å². The molecule has 9 heteroatoms. The number of hydrogen-bond acceptors (Lipinski definition) is 5. The largest absolute Gasteiger partial charge is 0.376 e. The molecule has 0 saturated carbocycles. The van der Waals surface area contributed by atoms with Gasteiger partial charge in [0.05, 0.1) is 30.3 Å². The third-order valence-corrected chi connectivity index (χ3v) is 7.68. The first kappa shape index (κ1) is 29.3. The lowest BCUT2D eigenvalue weighted by molar-refractivity contribution is -0.151. The number of ether oxygens (including phenoxy) is 1. The Hall–Kier alpha value is -3.23. The molecule has 38 heavy (non-hydrogen) atoms. The summed E-state index contributed by atoms with van der Waals surface area (Å²) in [4.78, 5) is 41.8. The van der Waals surface area contributed by atoms with Crippen LogP contribution < -0.4 is 5.73 Å². The van der Waals surface area contributed by atoms with E-state index < -0.39 is 22.7 Å². The number of rotatable bonds is 10. The monoisotopic (exact) mass is 540 g/mol. The van der Waals surface area contributed by atoms with Gasteiger partial charge in [-0.1, -0.05) is 74.5 Å². The lowest BCUT2D eigenvalue weighted by Gasteiger charge is -2.42. The van der Waals surface area contributed by atoms with Crippen LogP contribution in [0, 0.1) is 16.7 Å². The van der Waals surface area contributed by atoms with Crippen LogP contribution in [0.1, 0.15) is 38.3 Å².